The molecule has 0 aliphatic carbocycles. The third-order valence-electron chi connectivity index (χ3n) is 7.31. The Morgan fingerprint density at radius 3 is 1.72 bits per heavy atom. The first-order valence-electron chi connectivity index (χ1n) is 18.4. The van der Waals surface area contributed by atoms with Crippen LogP contribution in [-0.2, 0) is 47.8 Å². The molecule has 0 radical (unpaired) electrons. The van der Waals surface area contributed by atoms with E-state index in [9.17, 15) is 57.8 Å². The SMILES string of the molecule is CCOC(=O)CC[C@H](NC(=O)C(=O)OC)C(=O)OCC.O=C(O)CC[C@H](NC(=O)c1ccccc1)C(=O)O.O=C(O)CNC(=O)c1ccccc1O.O=C(O)c1ccncc1C(=O)O. The summed E-state index contributed by atoms with van der Waals surface area (Å²) in [5.41, 5.74) is -0.157. The Labute approximate surface area is 363 Å². The van der Waals surface area contributed by atoms with Crippen LogP contribution < -0.4 is 16.0 Å². The Kier molecular flexibility index (Phi) is 26.5. The minimum absolute atomic E-state index is 0.0274. The van der Waals surface area contributed by atoms with Gasteiger partial charge in [-0.25, -0.2) is 24.0 Å². The summed E-state index contributed by atoms with van der Waals surface area (Å²) in [6, 6.07) is 12.9. The van der Waals surface area contributed by atoms with Crippen LogP contribution in [0.3, 0.4) is 0 Å². The van der Waals surface area contributed by atoms with E-state index >= 15 is 0 Å². The van der Waals surface area contributed by atoms with Gasteiger partial charge in [0.05, 0.1) is 37.0 Å². The van der Waals surface area contributed by atoms with E-state index in [1.54, 1.807) is 56.3 Å². The Morgan fingerprint density at radius 1 is 0.641 bits per heavy atom. The number of pyridine rings is 1. The highest BCUT2D eigenvalue weighted by Gasteiger charge is 2.27. The van der Waals surface area contributed by atoms with Crippen LogP contribution in [0.1, 0.15) is 81.0 Å². The van der Waals surface area contributed by atoms with Crippen molar-refractivity contribution in [3.05, 3.63) is 95.3 Å². The Bertz CT molecular complexity index is 2060. The lowest BCUT2D eigenvalue weighted by molar-refractivity contribution is -0.155. The molecule has 3 amide bonds. The largest absolute Gasteiger partial charge is 0.507 e. The zero-order chi connectivity index (χ0) is 48.8. The topological polar surface area (TPSA) is 386 Å². The number of carboxylic acids is 5. The van der Waals surface area contributed by atoms with Gasteiger partial charge in [-0.2, -0.15) is 0 Å². The van der Waals surface area contributed by atoms with E-state index in [0.29, 0.717) is 5.56 Å². The number of phenols is 1. The van der Waals surface area contributed by atoms with Gasteiger partial charge in [-0.15, -0.1) is 0 Å². The zero-order valence-electron chi connectivity index (χ0n) is 34.4. The number of nitrogens with zero attached hydrogens (tertiary/aromatic N) is 1. The van der Waals surface area contributed by atoms with Gasteiger partial charge in [-0.1, -0.05) is 30.3 Å². The number of aromatic hydroxyl groups is 1. The monoisotopic (exact) mass is 902 g/mol. The number of aliphatic carboxylic acids is 3. The molecule has 0 saturated heterocycles. The van der Waals surface area contributed by atoms with E-state index in [1.807, 2.05) is 0 Å². The van der Waals surface area contributed by atoms with Crippen molar-refractivity contribution in [2.24, 2.45) is 0 Å². The van der Waals surface area contributed by atoms with Crippen molar-refractivity contribution < 1.29 is 97.6 Å². The van der Waals surface area contributed by atoms with Crippen LogP contribution in [0.15, 0.2) is 73.1 Å². The predicted molar refractivity (Wildman–Crippen MR) is 215 cm³/mol. The number of aromatic carboxylic acids is 2. The molecule has 0 spiro atoms. The van der Waals surface area contributed by atoms with Crippen molar-refractivity contribution >= 4 is 65.5 Å². The fourth-order valence-corrected chi connectivity index (χ4v) is 4.32. The van der Waals surface area contributed by atoms with Gasteiger partial charge in [-0.05, 0) is 57.0 Å². The third kappa shape index (κ3) is 22.8. The average Bonchev–Trinajstić information content (AvgIpc) is 3.26. The summed E-state index contributed by atoms with van der Waals surface area (Å²) in [5, 5.41) is 58.5. The number of amides is 3. The molecule has 0 bridgehead atoms. The van der Waals surface area contributed by atoms with E-state index in [0.717, 1.165) is 19.4 Å². The zero-order valence-corrected chi connectivity index (χ0v) is 34.4. The molecule has 1 heterocycles. The van der Waals surface area contributed by atoms with Crippen LogP contribution in [0.4, 0.5) is 0 Å². The molecule has 346 valence electrons. The smallest absolute Gasteiger partial charge is 0.396 e. The minimum Gasteiger partial charge on any atom is -0.507 e. The first-order chi connectivity index (χ1) is 30.2. The summed E-state index contributed by atoms with van der Waals surface area (Å²) in [6.07, 6.45) is 1.66. The number of carboxylic acid groups (broad SMARTS) is 5. The first-order valence-corrected chi connectivity index (χ1v) is 18.4. The summed E-state index contributed by atoms with van der Waals surface area (Å²) < 4.78 is 13.7. The van der Waals surface area contributed by atoms with E-state index in [1.165, 1.54) is 18.3 Å². The van der Waals surface area contributed by atoms with Crippen LogP contribution in [-0.4, -0.2) is 140 Å². The number of carbonyl (C=O) groups excluding carboxylic acids is 6. The van der Waals surface area contributed by atoms with Gasteiger partial charge < -0.3 is 60.8 Å². The van der Waals surface area contributed by atoms with Gasteiger partial charge in [0.25, 0.3) is 11.8 Å². The fraction of sp³-hybridized carbons (Fsp3) is 0.300. The maximum Gasteiger partial charge on any atom is 0.396 e. The number of rotatable bonds is 18. The number of phenolic OH excluding ortho intramolecular Hbond substituents is 1. The summed E-state index contributed by atoms with van der Waals surface area (Å²) in [5.74, 6) is -10.8. The molecule has 24 nitrogen and oxygen atoms in total. The highest BCUT2D eigenvalue weighted by Crippen LogP contribution is 2.15. The number of ether oxygens (including phenoxy) is 3. The molecular formula is C40H46N4O20. The summed E-state index contributed by atoms with van der Waals surface area (Å²) in [6.45, 7) is 3.12. The molecule has 0 unspecified atom stereocenters. The molecule has 0 saturated carbocycles. The molecule has 9 N–H and O–H groups in total. The molecule has 0 aliphatic heterocycles. The number of esters is 3. The molecule has 0 fully saturated rings. The lowest BCUT2D eigenvalue weighted by Crippen LogP contribution is -2.45. The van der Waals surface area contributed by atoms with Gasteiger partial charge in [0.2, 0.25) is 0 Å². The van der Waals surface area contributed by atoms with Crippen LogP contribution in [0.25, 0.3) is 0 Å². The van der Waals surface area contributed by atoms with E-state index in [-0.39, 0.29) is 61.3 Å². The van der Waals surface area contributed by atoms with Crippen molar-refractivity contribution in [2.45, 2.75) is 51.6 Å². The van der Waals surface area contributed by atoms with E-state index in [2.05, 4.69) is 25.7 Å². The average molecular weight is 903 g/mol. The highest BCUT2D eigenvalue weighted by molar-refractivity contribution is 6.32. The van der Waals surface area contributed by atoms with Crippen LogP contribution in [0.5, 0.6) is 5.75 Å². The maximum absolute atomic E-state index is 11.7. The van der Waals surface area contributed by atoms with Crippen LogP contribution >= 0.6 is 0 Å². The van der Waals surface area contributed by atoms with Gasteiger partial charge >= 0.3 is 53.7 Å². The molecule has 3 rings (SSSR count). The Morgan fingerprint density at radius 2 is 1.22 bits per heavy atom. The third-order valence-corrected chi connectivity index (χ3v) is 7.31. The minimum atomic E-state index is -1.29. The molecule has 24 heteroatoms. The summed E-state index contributed by atoms with van der Waals surface area (Å²) in [7, 11) is 1.04. The number of nitrogens with one attached hydrogen (secondary N) is 3. The summed E-state index contributed by atoms with van der Waals surface area (Å²) in [4.78, 5) is 124. The molecule has 3 aromatic rings. The molecule has 1 aromatic heterocycles. The molecule has 0 aliphatic rings. The molecular weight excluding hydrogens is 856 g/mol. The molecule has 64 heavy (non-hydrogen) atoms. The summed E-state index contributed by atoms with van der Waals surface area (Å²) >= 11 is 0. The Hall–Kier alpha value is -8.44. The Balaban J connectivity index is 0.000000840. The van der Waals surface area contributed by atoms with Crippen LogP contribution in [0, 0.1) is 0 Å². The van der Waals surface area contributed by atoms with Crippen molar-refractivity contribution in [3.63, 3.8) is 0 Å². The fourth-order valence-electron chi connectivity index (χ4n) is 4.32. The predicted octanol–water partition coefficient (Wildman–Crippen LogP) is 0.970. The molecule has 2 atom stereocenters. The van der Waals surface area contributed by atoms with E-state index < -0.39 is 84.1 Å². The quantitative estimate of drug-likeness (QED) is 0.0488. The van der Waals surface area contributed by atoms with Crippen LogP contribution in [0.2, 0.25) is 0 Å². The van der Waals surface area contributed by atoms with Gasteiger partial charge in [0, 0.05) is 30.8 Å². The second-order valence-electron chi connectivity index (χ2n) is 11.9. The molecule has 2 aromatic carbocycles. The standard InChI is InChI=1S/C12H19NO7.C12H13NO5.C9H9NO4.C7H5NO4/c1-4-19-9(14)7-6-8(11(16)20-5-2)13-10(15)12(17)18-3;14-10(15)7-6-9(12(17)18)13-11(16)8-4-2-1-3-5-8;11-7-4-2-1-3-6(7)9(14)10-5-8(12)13;9-6(10)4-1-2-8-3-5(4)7(11)12/h8H,4-7H2,1-3H3,(H,13,15);1-5,9H,6-7H2,(H,13,16)(H,14,15)(H,17,18);1-4,11H,5H2,(H,10,14)(H,12,13);1-3H,(H,9,10)(H,11,12)/t8-;9-;;/m00../s1. The number of methoxy groups -OCH3 is 1. The maximum atomic E-state index is 11.7. The number of hydrogen-bond donors (Lipinski definition) is 9. The first kappa shape index (κ1) is 55.6. The van der Waals surface area contributed by atoms with Gasteiger partial charge in [0.1, 0.15) is 24.4 Å². The lowest BCUT2D eigenvalue weighted by Gasteiger charge is -2.16. The number of carbonyl (C=O) groups is 11. The van der Waals surface area contributed by atoms with Gasteiger partial charge in [-0.3, -0.25) is 33.8 Å². The number of para-hydroxylation sites is 1. The van der Waals surface area contributed by atoms with Crippen molar-refractivity contribution in [2.75, 3.05) is 26.9 Å². The lowest BCUT2D eigenvalue weighted by atomic mass is 10.1. The van der Waals surface area contributed by atoms with E-state index in [4.69, 9.17) is 35.0 Å². The second kappa shape index (κ2) is 30.6. The number of aromatic nitrogens is 1. The normalized spacial score (nSPS) is 10.5. The number of benzene rings is 2. The van der Waals surface area contributed by atoms with Gasteiger partial charge in [0.15, 0.2) is 0 Å². The van der Waals surface area contributed by atoms with Crippen molar-refractivity contribution in [3.8, 4) is 5.75 Å². The number of hydrogen-bond acceptors (Lipinski definition) is 16. The van der Waals surface area contributed by atoms with Crippen molar-refractivity contribution in [1.29, 1.82) is 0 Å². The van der Waals surface area contributed by atoms with Crippen molar-refractivity contribution in [1.82, 2.24) is 20.9 Å². The highest BCUT2D eigenvalue weighted by atomic mass is 16.5. The second-order valence-corrected chi connectivity index (χ2v) is 11.9.